The topological polar surface area (TPSA) is 164 Å². The molecule has 1 aliphatic carbocycles. The average molecular weight is 639 g/mol. The van der Waals surface area contributed by atoms with Gasteiger partial charge in [-0.15, -0.1) is 0 Å². The second kappa shape index (κ2) is 16.5. The molecular weight excluding hydrogens is 605 g/mol. The number of amides is 1. The standard InChI is InChI=1S/C26H31F3N4O7.CH3.Fe/c27-26(28,29)17-9-16(25(39)40)10-19(11-17)31-22(34)13-33(15-24(37)38)21-7-2-1-6-20(21)32(14-23(35)36)12-18-5-3-4-8-30-18;;/h3-5,8-11,20-21,25,39-40H,1-2,6-7,12-15H2,(H,31,34)(H,35,36)(H,37,38);1H3;/q;-1;+3/t20-,21?;;/m0../s1. The number of nitrogens with zero attached hydrogens (tertiary/aromatic N) is 3. The molecule has 0 saturated heterocycles. The first kappa shape index (κ1) is 37.0. The summed E-state index contributed by atoms with van der Waals surface area (Å²) in [6.45, 7) is -1.24. The number of rotatable bonds is 12. The molecule has 1 radical (unpaired) electrons. The molecule has 2 atom stereocenters. The predicted molar refractivity (Wildman–Crippen MR) is 141 cm³/mol. The molecule has 1 heterocycles. The van der Waals surface area contributed by atoms with Gasteiger partial charge in [0.2, 0.25) is 5.91 Å². The maximum absolute atomic E-state index is 13.3. The zero-order valence-electron chi connectivity index (χ0n) is 22.8. The molecule has 11 nitrogen and oxygen atoms in total. The zero-order chi connectivity index (χ0) is 29.4. The number of aromatic nitrogens is 1. The summed E-state index contributed by atoms with van der Waals surface area (Å²) >= 11 is 0. The van der Waals surface area contributed by atoms with E-state index in [1.165, 1.54) is 4.90 Å². The van der Waals surface area contributed by atoms with Gasteiger partial charge in [-0.2, -0.15) is 13.2 Å². The fourth-order valence-electron chi connectivity index (χ4n) is 4.99. The molecule has 2 aromatic rings. The summed E-state index contributed by atoms with van der Waals surface area (Å²) in [4.78, 5) is 43.7. The second-order valence-corrected chi connectivity index (χ2v) is 9.60. The van der Waals surface area contributed by atoms with Crippen molar-refractivity contribution in [3.8, 4) is 0 Å². The number of carbonyl (C=O) groups is 3. The molecule has 3 rings (SSSR count). The third-order valence-electron chi connectivity index (χ3n) is 6.61. The Morgan fingerprint density at radius 2 is 1.55 bits per heavy atom. The van der Waals surface area contributed by atoms with Crippen molar-refractivity contribution in [1.29, 1.82) is 0 Å². The van der Waals surface area contributed by atoms with Gasteiger partial charge in [-0.1, -0.05) is 18.9 Å². The Bertz CT molecular complexity index is 1190. The van der Waals surface area contributed by atoms with Crippen molar-refractivity contribution in [1.82, 2.24) is 14.8 Å². The number of anilines is 1. The number of hydrogen-bond donors (Lipinski definition) is 5. The van der Waals surface area contributed by atoms with Crippen LogP contribution in [0.25, 0.3) is 0 Å². The summed E-state index contributed by atoms with van der Waals surface area (Å²) in [7, 11) is 0. The third kappa shape index (κ3) is 11.0. The van der Waals surface area contributed by atoms with E-state index in [9.17, 15) is 48.0 Å². The first-order valence-electron chi connectivity index (χ1n) is 12.5. The molecule has 1 aliphatic rings. The summed E-state index contributed by atoms with van der Waals surface area (Å²) in [6.07, 6.45) is -3.01. The maximum Gasteiger partial charge on any atom is 3.00 e. The molecule has 1 aromatic carbocycles. The second-order valence-electron chi connectivity index (χ2n) is 9.60. The van der Waals surface area contributed by atoms with Crippen LogP contribution in [0.5, 0.6) is 0 Å². The largest absolute Gasteiger partial charge is 3.00 e. The monoisotopic (exact) mass is 639 g/mol. The van der Waals surface area contributed by atoms with E-state index in [1.807, 2.05) is 0 Å². The van der Waals surface area contributed by atoms with Gasteiger partial charge in [0.1, 0.15) is 0 Å². The molecule has 1 fully saturated rings. The van der Waals surface area contributed by atoms with Crippen molar-refractivity contribution in [3.63, 3.8) is 0 Å². The number of carboxylic acid groups (broad SMARTS) is 2. The molecule has 1 aromatic heterocycles. The van der Waals surface area contributed by atoms with Crippen LogP contribution in [0.2, 0.25) is 0 Å². The van der Waals surface area contributed by atoms with E-state index in [4.69, 9.17) is 0 Å². The molecule has 1 amide bonds. The van der Waals surface area contributed by atoms with Crippen LogP contribution in [0.4, 0.5) is 18.9 Å². The number of aliphatic hydroxyl groups excluding tert-OH is 1. The van der Waals surface area contributed by atoms with E-state index in [0.717, 1.165) is 12.5 Å². The molecule has 5 N–H and O–H groups in total. The number of alkyl halides is 3. The quantitative estimate of drug-likeness (QED) is 0.133. The molecule has 15 heteroatoms. The van der Waals surface area contributed by atoms with Crippen molar-refractivity contribution in [2.45, 2.75) is 56.8 Å². The van der Waals surface area contributed by atoms with Crippen LogP contribution in [0, 0.1) is 7.43 Å². The molecule has 231 valence electrons. The van der Waals surface area contributed by atoms with E-state index in [0.29, 0.717) is 37.1 Å². The summed E-state index contributed by atoms with van der Waals surface area (Å²) in [5.41, 5.74) is -1.43. The van der Waals surface area contributed by atoms with Crippen LogP contribution < -0.4 is 5.32 Å². The van der Waals surface area contributed by atoms with E-state index in [2.05, 4.69) is 10.3 Å². The van der Waals surface area contributed by atoms with Crippen LogP contribution in [-0.2, 0) is 44.2 Å². The Kier molecular flexibility index (Phi) is 14.6. The van der Waals surface area contributed by atoms with E-state index in [-0.39, 0.29) is 43.3 Å². The summed E-state index contributed by atoms with van der Waals surface area (Å²) in [5.74, 6) is -3.15. The number of aliphatic carboxylic acids is 2. The van der Waals surface area contributed by atoms with Crippen LogP contribution in [0.3, 0.4) is 0 Å². The van der Waals surface area contributed by atoms with E-state index < -0.39 is 66.6 Å². The third-order valence-corrected chi connectivity index (χ3v) is 6.61. The Balaban J connectivity index is 0.00000441. The van der Waals surface area contributed by atoms with E-state index >= 15 is 0 Å². The number of benzene rings is 1. The van der Waals surface area contributed by atoms with Gasteiger partial charge >= 0.3 is 35.2 Å². The molecule has 42 heavy (non-hydrogen) atoms. The van der Waals surface area contributed by atoms with Gasteiger partial charge in [-0.25, -0.2) is 0 Å². The van der Waals surface area contributed by atoms with Crippen molar-refractivity contribution in [2.24, 2.45) is 0 Å². The molecule has 1 unspecified atom stereocenters. The molecule has 1 saturated carbocycles. The smallest absolute Gasteiger partial charge is 0.480 e. The van der Waals surface area contributed by atoms with Gasteiger partial charge < -0.3 is 33.2 Å². The molecule has 0 aliphatic heterocycles. The number of halogens is 3. The van der Waals surface area contributed by atoms with Gasteiger partial charge in [0.05, 0.1) is 30.9 Å². The Morgan fingerprint density at radius 3 is 2.07 bits per heavy atom. The van der Waals surface area contributed by atoms with Gasteiger partial charge in [-0.3, -0.25) is 29.2 Å². The number of carbonyl (C=O) groups excluding carboxylic acids is 1. The minimum absolute atomic E-state index is 0. The first-order chi connectivity index (χ1) is 18.8. The van der Waals surface area contributed by atoms with Crippen LogP contribution in [0.15, 0.2) is 42.6 Å². The average Bonchev–Trinajstić information content (AvgIpc) is 2.87. The Morgan fingerprint density at radius 1 is 0.952 bits per heavy atom. The first-order valence-corrected chi connectivity index (χ1v) is 12.5. The Labute approximate surface area is 251 Å². The van der Waals surface area contributed by atoms with Crippen molar-refractivity contribution in [3.05, 3.63) is 66.8 Å². The number of nitrogens with one attached hydrogen (secondary N) is 1. The maximum atomic E-state index is 13.3. The van der Waals surface area contributed by atoms with Gasteiger partial charge in [0.25, 0.3) is 0 Å². The number of aliphatic hydroxyl groups is 2. The van der Waals surface area contributed by atoms with Crippen LogP contribution in [-0.4, -0.2) is 84.8 Å². The van der Waals surface area contributed by atoms with Crippen LogP contribution >= 0.6 is 0 Å². The van der Waals surface area contributed by atoms with Crippen LogP contribution in [0.1, 0.15) is 48.8 Å². The van der Waals surface area contributed by atoms with Gasteiger partial charge in [0.15, 0.2) is 6.29 Å². The van der Waals surface area contributed by atoms with Crippen molar-refractivity contribution in [2.75, 3.05) is 25.0 Å². The van der Waals surface area contributed by atoms with Crippen molar-refractivity contribution < 1.29 is 65.0 Å². The minimum atomic E-state index is -4.82. The zero-order valence-corrected chi connectivity index (χ0v) is 23.9. The SMILES string of the molecule is O=C(O)CN(CC(=O)Nc1cc(C(O)O)cc(C(F)(F)F)c1)C1CCCC[C@@H]1N(CC(=O)O)Cc1ccccn1.[CH3-].[Fe+3]. The molecule has 0 spiro atoms. The minimum Gasteiger partial charge on any atom is -0.480 e. The predicted octanol–water partition coefficient (Wildman–Crippen LogP) is 2.75. The normalized spacial score (nSPS) is 17.0. The molecule has 0 bridgehead atoms. The summed E-state index contributed by atoms with van der Waals surface area (Å²) in [6, 6.07) is 6.38. The summed E-state index contributed by atoms with van der Waals surface area (Å²) < 4.78 is 39.9. The fraction of sp³-hybridized carbons (Fsp3) is 0.444. The molecular formula is C27H34F3FeN4O7+2. The van der Waals surface area contributed by atoms with Crippen molar-refractivity contribution >= 4 is 23.5 Å². The number of hydrogen-bond acceptors (Lipinski definition) is 8. The van der Waals surface area contributed by atoms with Gasteiger partial charge in [-0.05, 0) is 43.2 Å². The van der Waals surface area contributed by atoms with Gasteiger partial charge in [0, 0.05) is 36.1 Å². The number of pyridine rings is 1. The van der Waals surface area contributed by atoms with E-state index in [1.54, 1.807) is 29.3 Å². The number of carboxylic acids is 2. The fourth-order valence-corrected chi connectivity index (χ4v) is 4.99. The Hall–Kier alpha value is -3.07. The summed E-state index contributed by atoms with van der Waals surface area (Å²) in [5, 5.41) is 40.2.